The molecule has 0 saturated heterocycles. The highest BCUT2D eigenvalue weighted by molar-refractivity contribution is 5.77. The molecule has 0 bridgehead atoms. The van der Waals surface area contributed by atoms with Gasteiger partial charge in [-0.3, -0.25) is 0 Å². The molecule has 2 rings (SSSR count). The van der Waals surface area contributed by atoms with Crippen molar-refractivity contribution in [1.82, 2.24) is 15.0 Å². The molecule has 0 aliphatic rings. The van der Waals surface area contributed by atoms with Crippen LogP contribution in [0.3, 0.4) is 0 Å². The van der Waals surface area contributed by atoms with Crippen molar-refractivity contribution >= 4 is 11.0 Å². The van der Waals surface area contributed by atoms with Gasteiger partial charge in [0.05, 0.1) is 17.2 Å². The second-order valence-electron chi connectivity index (χ2n) is 2.99. The van der Waals surface area contributed by atoms with Gasteiger partial charge in [0, 0.05) is 6.20 Å². The van der Waals surface area contributed by atoms with Crippen LogP contribution in [0.1, 0.15) is 12.0 Å². The summed E-state index contributed by atoms with van der Waals surface area (Å²) in [7, 11) is 0. The normalized spacial score (nSPS) is 10.8. The van der Waals surface area contributed by atoms with Crippen molar-refractivity contribution in [2.45, 2.75) is 12.8 Å². The Morgan fingerprint density at radius 2 is 2.38 bits per heavy atom. The van der Waals surface area contributed by atoms with Gasteiger partial charge in [-0.2, -0.15) is 0 Å². The van der Waals surface area contributed by atoms with E-state index in [4.69, 9.17) is 5.73 Å². The van der Waals surface area contributed by atoms with Gasteiger partial charge in [-0.1, -0.05) is 0 Å². The summed E-state index contributed by atoms with van der Waals surface area (Å²) in [4.78, 5) is 11.3. The minimum atomic E-state index is 0.720. The van der Waals surface area contributed by atoms with E-state index in [0.717, 1.165) is 30.4 Å². The minimum Gasteiger partial charge on any atom is -0.358 e. The molecule has 0 aliphatic heterocycles. The highest BCUT2D eigenvalue weighted by Gasteiger charge is 2.02. The van der Waals surface area contributed by atoms with Crippen molar-refractivity contribution in [3.8, 4) is 0 Å². The lowest BCUT2D eigenvalue weighted by Gasteiger charge is -1.94. The molecule has 2 aromatic heterocycles. The molecule has 0 atom stereocenters. The van der Waals surface area contributed by atoms with Crippen molar-refractivity contribution in [2.75, 3.05) is 6.54 Å². The molecule has 4 heteroatoms. The number of aromatic nitrogens is 3. The van der Waals surface area contributed by atoms with E-state index in [9.17, 15) is 0 Å². The van der Waals surface area contributed by atoms with Gasteiger partial charge in [-0.15, -0.1) is 0 Å². The van der Waals surface area contributed by atoms with Crippen LogP contribution in [0.5, 0.6) is 0 Å². The molecule has 0 fully saturated rings. The van der Waals surface area contributed by atoms with E-state index in [-0.39, 0.29) is 0 Å². The lowest BCUT2D eigenvalue weighted by Crippen LogP contribution is -2.00. The first-order valence-corrected chi connectivity index (χ1v) is 4.38. The van der Waals surface area contributed by atoms with Crippen LogP contribution >= 0.6 is 0 Å². The predicted molar refractivity (Wildman–Crippen MR) is 51.3 cm³/mol. The van der Waals surface area contributed by atoms with E-state index in [1.54, 1.807) is 12.5 Å². The number of rotatable bonds is 3. The average molecular weight is 176 g/mol. The lowest BCUT2D eigenvalue weighted by atomic mass is 10.2. The number of nitrogens with zero attached hydrogens (tertiary/aromatic N) is 2. The Kier molecular flexibility index (Phi) is 2.23. The fourth-order valence-electron chi connectivity index (χ4n) is 1.41. The first kappa shape index (κ1) is 8.19. The standard InChI is InChI=1S/C9H12N4/c10-3-1-2-7-4-12-8-5-11-6-13-9(7)8/h4-6,12H,1-3,10H2. The van der Waals surface area contributed by atoms with Gasteiger partial charge >= 0.3 is 0 Å². The third-order valence-electron chi connectivity index (χ3n) is 2.07. The Balaban J connectivity index is 2.35. The monoisotopic (exact) mass is 176 g/mol. The van der Waals surface area contributed by atoms with Crippen LogP contribution in [0.4, 0.5) is 0 Å². The third kappa shape index (κ3) is 1.53. The molecular formula is C9H12N4. The smallest absolute Gasteiger partial charge is 0.116 e. The summed E-state index contributed by atoms with van der Waals surface area (Å²) >= 11 is 0. The zero-order chi connectivity index (χ0) is 9.10. The van der Waals surface area contributed by atoms with E-state index in [1.165, 1.54) is 5.56 Å². The Labute approximate surface area is 76.2 Å². The number of H-pyrrole nitrogens is 1. The topological polar surface area (TPSA) is 67.6 Å². The van der Waals surface area contributed by atoms with Gasteiger partial charge < -0.3 is 10.7 Å². The van der Waals surface area contributed by atoms with Gasteiger partial charge in [0.15, 0.2) is 0 Å². The number of nitrogens with two attached hydrogens (primary N) is 1. The van der Waals surface area contributed by atoms with Crippen LogP contribution < -0.4 is 5.73 Å². The maximum Gasteiger partial charge on any atom is 0.116 e. The predicted octanol–water partition coefficient (Wildman–Crippen LogP) is 0.849. The molecule has 0 saturated carbocycles. The summed E-state index contributed by atoms with van der Waals surface area (Å²) in [6, 6.07) is 0. The largest absolute Gasteiger partial charge is 0.358 e. The number of hydrogen-bond acceptors (Lipinski definition) is 3. The van der Waals surface area contributed by atoms with Gasteiger partial charge in [-0.25, -0.2) is 9.97 Å². The highest BCUT2D eigenvalue weighted by atomic mass is 14.9. The Bertz CT molecular complexity index is 393. The van der Waals surface area contributed by atoms with Crippen molar-refractivity contribution in [1.29, 1.82) is 0 Å². The van der Waals surface area contributed by atoms with E-state index in [0.29, 0.717) is 0 Å². The van der Waals surface area contributed by atoms with Crippen LogP contribution in [-0.4, -0.2) is 21.5 Å². The van der Waals surface area contributed by atoms with Crippen LogP contribution in [-0.2, 0) is 6.42 Å². The van der Waals surface area contributed by atoms with Gasteiger partial charge in [0.25, 0.3) is 0 Å². The summed E-state index contributed by atoms with van der Waals surface area (Å²) in [6.45, 7) is 0.720. The molecule has 2 heterocycles. The van der Waals surface area contributed by atoms with E-state index in [1.807, 2.05) is 6.20 Å². The van der Waals surface area contributed by atoms with Crippen LogP contribution in [0.15, 0.2) is 18.7 Å². The highest BCUT2D eigenvalue weighted by Crippen LogP contribution is 2.14. The summed E-state index contributed by atoms with van der Waals surface area (Å²) in [5.74, 6) is 0. The maximum absolute atomic E-state index is 5.45. The first-order chi connectivity index (χ1) is 6.42. The van der Waals surface area contributed by atoms with E-state index in [2.05, 4.69) is 15.0 Å². The SMILES string of the molecule is NCCCc1c[nH]c2cncnc12. The molecular weight excluding hydrogens is 164 g/mol. The molecule has 13 heavy (non-hydrogen) atoms. The van der Waals surface area contributed by atoms with Crippen molar-refractivity contribution in [2.24, 2.45) is 5.73 Å². The zero-order valence-corrected chi connectivity index (χ0v) is 7.33. The van der Waals surface area contributed by atoms with Crippen LogP contribution in [0, 0.1) is 0 Å². The van der Waals surface area contributed by atoms with Gasteiger partial charge in [-0.05, 0) is 24.9 Å². The second-order valence-corrected chi connectivity index (χ2v) is 2.99. The van der Waals surface area contributed by atoms with Crippen LogP contribution in [0.2, 0.25) is 0 Å². The van der Waals surface area contributed by atoms with Crippen molar-refractivity contribution in [3.05, 3.63) is 24.3 Å². The maximum atomic E-state index is 5.45. The Morgan fingerprint density at radius 3 is 3.23 bits per heavy atom. The number of hydrogen-bond donors (Lipinski definition) is 2. The lowest BCUT2D eigenvalue weighted by molar-refractivity contribution is 0.835. The molecule has 0 spiro atoms. The van der Waals surface area contributed by atoms with Crippen LogP contribution in [0.25, 0.3) is 11.0 Å². The van der Waals surface area contributed by atoms with Crippen molar-refractivity contribution in [3.63, 3.8) is 0 Å². The summed E-state index contributed by atoms with van der Waals surface area (Å²) in [6.07, 6.45) is 7.32. The van der Waals surface area contributed by atoms with Gasteiger partial charge in [0.2, 0.25) is 0 Å². The van der Waals surface area contributed by atoms with Crippen molar-refractivity contribution < 1.29 is 0 Å². The quantitative estimate of drug-likeness (QED) is 0.728. The van der Waals surface area contributed by atoms with E-state index >= 15 is 0 Å². The summed E-state index contributed by atoms with van der Waals surface area (Å²) in [5.41, 5.74) is 8.68. The molecule has 0 aromatic carbocycles. The molecule has 0 unspecified atom stereocenters. The van der Waals surface area contributed by atoms with E-state index < -0.39 is 0 Å². The molecule has 3 N–H and O–H groups in total. The third-order valence-corrected chi connectivity index (χ3v) is 2.07. The summed E-state index contributed by atoms with van der Waals surface area (Å²) < 4.78 is 0. The fourth-order valence-corrected chi connectivity index (χ4v) is 1.41. The number of nitrogens with one attached hydrogen (secondary N) is 1. The minimum absolute atomic E-state index is 0.720. The average Bonchev–Trinajstić information content (AvgIpc) is 2.58. The Morgan fingerprint density at radius 1 is 1.46 bits per heavy atom. The number of fused-ring (bicyclic) bond motifs is 1. The number of aromatic amines is 1. The summed E-state index contributed by atoms with van der Waals surface area (Å²) in [5, 5.41) is 0. The number of aryl methyl sites for hydroxylation is 1. The molecule has 0 amide bonds. The molecule has 68 valence electrons. The molecule has 0 aliphatic carbocycles. The Hall–Kier alpha value is -1.42. The molecule has 0 radical (unpaired) electrons. The molecule has 4 nitrogen and oxygen atoms in total. The first-order valence-electron chi connectivity index (χ1n) is 4.38. The fraction of sp³-hybridized carbons (Fsp3) is 0.333. The zero-order valence-electron chi connectivity index (χ0n) is 7.33. The van der Waals surface area contributed by atoms with Gasteiger partial charge in [0.1, 0.15) is 6.33 Å². The second kappa shape index (κ2) is 3.53. The molecule has 2 aromatic rings.